The predicted molar refractivity (Wildman–Crippen MR) is 119 cm³/mol. The van der Waals surface area contributed by atoms with Gasteiger partial charge in [0.25, 0.3) is 5.91 Å². The molecule has 9 heteroatoms. The number of nitrogens with one attached hydrogen (secondary N) is 1. The molecule has 31 heavy (non-hydrogen) atoms. The van der Waals surface area contributed by atoms with E-state index in [0.717, 1.165) is 0 Å². The number of ether oxygens (including phenoxy) is 2. The van der Waals surface area contributed by atoms with E-state index >= 15 is 0 Å². The summed E-state index contributed by atoms with van der Waals surface area (Å²) in [4.78, 5) is 38.3. The fraction of sp³-hybridized carbons (Fsp3) is 0.318. The Balaban J connectivity index is 1.52. The quantitative estimate of drug-likeness (QED) is 0.616. The highest BCUT2D eigenvalue weighted by Crippen LogP contribution is 2.28. The lowest BCUT2D eigenvalue weighted by Crippen LogP contribution is -2.28. The van der Waals surface area contributed by atoms with Crippen molar-refractivity contribution in [3.05, 3.63) is 52.5 Å². The molecule has 0 unspecified atom stereocenters. The first-order valence-corrected chi connectivity index (χ1v) is 10.5. The molecular weight excluding hydrogens is 443 g/mol. The number of carbonyl (C=O) groups excluding carboxylic acids is 3. The van der Waals surface area contributed by atoms with E-state index in [2.05, 4.69) is 5.32 Å². The molecule has 1 aliphatic rings. The number of esters is 1. The molecule has 0 aliphatic carbocycles. The summed E-state index contributed by atoms with van der Waals surface area (Å²) in [5.41, 5.74) is 1.07. The molecule has 1 N–H and O–H groups in total. The standard InChI is InChI=1S/C22H22Cl2N2O5/c1-13(2)31-19-5-3-18(4-6-19)26-11-14(7-21(26)28)22(29)30-12-20(27)25-17-9-15(23)8-16(24)10-17/h3-6,8-10,13-14H,7,11-12H2,1-2H3,(H,25,27)/t14-/m1/s1. The Bertz CT molecular complexity index is 958. The van der Waals surface area contributed by atoms with Crippen molar-refractivity contribution in [2.24, 2.45) is 5.92 Å². The topological polar surface area (TPSA) is 84.9 Å². The smallest absolute Gasteiger partial charge is 0.311 e. The molecule has 7 nitrogen and oxygen atoms in total. The number of halogens is 2. The molecule has 1 saturated heterocycles. The van der Waals surface area contributed by atoms with E-state index in [-0.39, 0.29) is 25.0 Å². The number of amides is 2. The Labute approximate surface area is 190 Å². The van der Waals surface area contributed by atoms with Crippen molar-refractivity contribution in [3.8, 4) is 5.75 Å². The molecule has 0 saturated carbocycles. The van der Waals surface area contributed by atoms with Crippen molar-refractivity contribution in [3.63, 3.8) is 0 Å². The van der Waals surface area contributed by atoms with Crippen molar-refractivity contribution >= 4 is 52.4 Å². The number of benzene rings is 2. The summed E-state index contributed by atoms with van der Waals surface area (Å²) in [6, 6.07) is 11.7. The third kappa shape index (κ3) is 6.35. The van der Waals surface area contributed by atoms with Gasteiger partial charge in [0.2, 0.25) is 5.91 Å². The van der Waals surface area contributed by atoms with E-state index in [4.69, 9.17) is 32.7 Å². The minimum absolute atomic E-state index is 0.0224. The Morgan fingerprint density at radius 1 is 1.13 bits per heavy atom. The Hall–Kier alpha value is -2.77. The van der Waals surface area contributed by atoms with Gasteiger partial charge in [-0.15, -0.1) is 0 Å². The third-order valence-corrected chi connectivity index (χ3v) is 4.91. The zero-order chi connectivity index (χ0) is 22.5. The Morgan fingerprint density at radius 3 is 2.39 bits per heavy atom. The molecular formula is C22H22Cl2N2O5. The van der Waals surface area contributed by atoms with Gasteiger partial charge in [-0.3, -0.25) is 14.4 Å². The van der Waals surface area contributed by atoms with Gasteiger partial charge in [-0.05, 0) is 56.3 Å². The molecule has 1 fully saturated rings. The second-order valence-corrected chi connectivity index (χ2v) is 8.25. The summed E-state index contributed by atoms with van der Waals surface area (Å²) in [6.45, 7) is 3.57. The summed E-state index contributed by atoms with van der Waals surface area (Å²) in [5.74, 6) is -1.26. The fourth-order valence-corrected chi connectivity index (χ4v) is 3.70. The van der Waals surface area contributed by atoms with Crippen LogP contribution in [0.15, 0.2) is 42.5 Å². The first-order valence-electron chi connectivity index (χ1n) is 9.71. The van der Waals surface area contributed by atoms with Gasteiger partial charge in [-0.2, -0.15) is 0 Å². The lowest BCUT2D eigenvalue weighted by atomic mass is 10.1. The molecule has 0 spiro atoms. The van der Waals surface area contributed by atoms with E-state index in [1.165, 1.54) is 23.1 Å². The molecule has 0 bridgehead atoms. The molecule has 3 rings (SSSR count). The minimum atomic E-state index is -0.646. The second kappa shape index (κ2) is 10.0. The summed E-state index contributed by atoms with van der Waals surface area (Å²) >= 11 is 11.8. The molecule has 2 aromatic carbocycles. The van der Waals surface area contributed by atoms with Gasteiger partial charge in [-0.1, -0.05) is 23.2 Å². The van der Waals surface area contributed by atoms with Crippen LogP contribution in [0, 0.1) is 5.92 Å². The summed E-state index contributed by atoms with van der Waals surface area (Å²) in [6.07, 6.45) is 0.0701. The van der Waals surface area contributed by atoms with Crippen LogP contribution < -0.4 is 15.0 Å². The number of anilines is 2. The van der Waals surface area contributed by atoms with Crippen molar-refractivity contribution in [2.45, 2.75) is 26.4 Å². The average molecular weight is 465 g/mol. The van der Waals surface area contributed by atoms with E-state index in [1.54, 1.807) is 24.3 Å². The maximum absolute atomic E-state index is 12.4. The molecule has 0 radical (unpaired) electrons. The SMILES string of the molecule is CC(C)Oc1ccc(N2C[C@H](C(=O)OCC(=O)Nc3cc(Cl)cc(Cl)c3)CC2=O)cc1. The van der Waals surface area contributed by atoms with Crippen molar-refractivity contribution in [1.29, 1.82) is 0 Å². The number of hydrogen-bond acceptors (Lipinski definition) is 5. The van der Waals surface area contributed by atoms with Crippen LogP contribution in [-0.4, -0.2) is 37.0 Å². The monoisotopic (exact) mass is 464 g/mol. The van der Waals surface area contributed by atoms with Gasteiger partial charge in [0.05, 0.1) is 12.0 Å². The number of nitrogens with zero attached hydrogens (tertiary/aromatic N) is 1. The molecule has 164 valence electrons. The third-order valence-electron chi connectivity index (χ3n) is 4.47. The second-order valence-electron chi connectivity index (χ2n) is 7.38. The van der Waals surface area contributed by atoms with Crippen LogP contribution in [0.1, 0.15) is 20.3 Å². The Kier molecular flexibility index (Phi) is 7.41. The van der Waals surface area contributed by atoms with Crippen LogP contribution in [0.5, 0.6) is 5.75 Å². The molecule has 1 aliphatic heterocycles. The van der Waals surface area contributed by atoms with E-state index in [1.807, 2.05) is 13.8 Å². The highest BCUT2D eigenvalue weighted by Gasteiger charge is 2.36. The largest absolute Gasteiger partial charge is 0.491 e. The van der Waals surface area contributed by atoms with E-state index in [0.29, 0.717) is 27.2 Å². The summed E-state index contributed by atoms with van der Waals surface area (Å²) < 4.78 is 10.7. The van der Waals surface area contributed by atoms with Gasteiger partial charge in [0.1, 0.15) is 5.75 Å². The first kappa shape index (κ1) is 22.9. The van der Waals surface area contributed by atoms with Crippen LogP contribution in [0.3, 0.4) is 0 Å². The maximum atomic E-state index is 12.4. The number of hydrogen-bond donors (Lipinski definition) is 1. The van der Waals surface area contributed by atoms with Crippen LogP contribution in [0.4, 0.5) is 11.4 Å². The fourth-order valence-electron chi connectivity index (χ4n) is 3.17. The normalized spacial score (nSPS) is 15.8. The van der Waals surface area contributed by atoms with Crippen molar-refractivity contribution < 1.29 is 23.9 Å². The summed E-state index contributed by atoms with van der Waals surface area (Å²) in [7, 11) is 0. The molecule has 1 heterocycles. The van der Waals surface area contributed by atoms with Crippen LogP contribution in [0.25, 0.3) is 0 Å². The molecule has 2 aromatic rings. The van der Waals surface area contributed by atoms with Crippen molar-refractivity contribution in [2.75, 3.05) is 23.4 Å². The minimum Gasteiger partial charge on any atom is -0.491 e. The van der Waals surface area contributed by atoms with Crippen molar-refractivity contribution in [1.82, 2.24) is 0 Å². The van der Waals surface area contributed by atoms with E-state index in [9.17, 15) is 14.4 Å². The zero-order valence-electron chi connectivity index (χ0n) is 17.1. The maximum Gasteiger partial charge on any atom is 0.311 e. The van der Waals surface area contributed by atoms with Gasteiger partial charge < -0.3 is 19.7 Å². The molecule has 2 amide bonds. The highest BCUT2D eigenvalue weighted by atomic mass is 35.5. The van der Waals surface area contributed by atoms with Crippen LogP contribution in [0.2, 0.25) is 10.0 Å². The lowest BCUT2D eigenvalue weighted by molar-refractivity contribution is -0.151. The van der Waals surface area contributed by atoms with E-state index < -0.39 is 24.4 Å². The number of rotatable bonds is 7. The number of carbonyl (C=O) groups is 3. The van der Waals surface area contributed by atoms with Gasteiger partial charge in [-0.25, -0.2) is 0 Å². The van der Waals surface area contributed by atoms with Gasteiger partial charge >= 0.3 is 5.97 Å². The Morgan fingerprint density at radius 2 is 1.77 bits per heavy atom. The van der Waals surface area contributed by atoms with Gasteiger partial charge in [0, 0.05) is 34.4 Å². The van der Waals surface area contributed by atoms with Crippen LogP contribution in [-0.2, 0) is 19.1 Å². The summed E-state index contributed by atoms with van der Waals surface area (Å²) in [5, 5.41) is 3.29. The first-order chi connectivity index (χ1) is 14.7. The average Bonchev–Trinajstić information content (AvgIpc) is 3.07. The zero-order valence-corrected chi connectivity index (χ0v) is 18.6. The van der Waals surface area contributed by atoms with Crippen LogP contribution >= 0.6 is 23.2 Å². The lowest BCUT2D eigenvalue weighted by Gasteiger charge is -2.17. The highest BCUT2D eigenvalue weighted by molar-refractivity contribution is 6.35. The molecule has 0 aromatic heterocycles. The van der Waals surface area contributed by atoms with Gasteiger partial charge in [0.15, 0.2) is 6.61 Å². The molecule has 1 atom stereocenters. The predicted octanol–water partition coefficient (Wildman–Crippen LogP) is 4.32.